The molecule has 1 unspecified atom stereocenters. The molecule has 1 aliphatic carbocycles. The number of hydrogen-bond donors (Lipinski definition) is 1. The molecule has 5 rings (SSSR count). The predicted molar refractivity (Wildman–Crippen MR) is 142 cm³/mol. The average Bonchev–Trinajstić information content (AvgIpc) is 3.62. The largest absolute Gasteiger partial charge is 0.444 e. The summed E-state index contributed by atoms with van der Waals surface area (Å²) in [7, 11) is 0. The first kappa shape index (κ1) is 25.3. The lowest BCUT2D eigenvalue weighted by molar-refractivity contribution is -0.136. The third-order valence-corrected chi connectivity index (χ3v) is 7.57. The molecular weight excluding hydrogens is 466 g/mol. The summed E-state index contributed by atoms with van der Waals surface area (Å²) in [5.41, 5.74) is 2.28. The number of carbonyl (C=O) groups is 3. The molecule has 1 N–H and O–H groups in total. The quantitative estimate of drug-likeness (QED) is 0.613. The summed E-state index contributed by atoms with van der Waals surface area (Å²) >= 11 is 0. The van der Waals surface area contributed by atoms with Gasteiger partial charge in [-0.1, -0.05) is 48.5 Å². The molecule has 196 valence electrons. The smallest absolute Gasteiger partial charge is 0.410 e. The first-order chi connectivity index (χ1) is 17.7. The van der Waals surface area contributed by atoms with Crippen LogP contribution in [0.25, 0.3) is 0 Å². The highest BCUT2D eigenvalue weighted by atomic mass is 16.6. The number of anilines is 1. The van der Waals surface area contributed by atoms with Gasteiger partial charge >= 0.3 is 6.09 Å². The van der Waals surface area contributed by atoms with Crippen molar-refractivity contribution in [2.75, 3.05) is 25.0 Å². The summed E-state index contributed by atoms with van der Waals surface area (Å²) in [4.78, 5) is 43.2. The fraction of sp³-hybridized carbons (Fsp3) is 0.500. The van der Waals surface area contributed by atoms with Crippen LogP contribution in [0, 0.1) is 11.8 Å². The van der Waals surface area contributed by atoms with Crippen molar-refractivity contribution in [3.63, 3.8) is 0 Å². The molecule has 2 aromatic rings. The Bertz CT molecular complexity index is 1150. The van der Waals surface area contributed by atoms with Gasteiger partial charge in [0.15, 0.2) is 0 Å². The zero-order chi connectivity index (χ0) is 26.2. The topological polar surface area (TPSA) is 79.0 Å². The molecule has 3 amide bonds. The van der Waals surface area contributed by atoms with Crippen molar-refractivity contribution in [3.05, 3.63) is 65.7 Å². The Morgan fingerprint density at radius 2 is 1.68 bits per heavy atom. The van der Waals surface area contributed by atoms with E-state index in [1.807, 2.05) is 73.0 Å². The van der Waals surface area contributed by atoms with Crippen LogP contribution < -0.4 is 5.32 Å². The molecule has 2 fully saturated rings. The van der Waals surface area contributed by atoms with E-state index in [0.717, 1.165) is 30.5 Å². The number of rotatable bonds is 6. The van der Waals surface area contributed by atoms with E-state index in [-0.39, 0.29) is 42.2 Å². The fourth-order valence-corrected chi connectivity index (χ4v) is 5.66. The highest BCUT2D eigenvalue weighted by molar-refractivity contribution is 6.01. The Morgan fingerprint density at radius 3 is 2.38 bits per heavy atom. The maximum Gasteiger partial charge on any atom is 0.410 e. The zero-order valence-corrected chi connectivity index (χ0v) is 22.0. The van der Waals surface area contributed by atoms with Crippen LogP contribution in [0.15, 0.2) is 54.6 Å². The molecule has 37 heavy (non-hydrogen) atoms. The van der Waals surface area contributed by atoms with Crippen LogP contribution in [0.2, 0.25) is 0 Å². The zero-order valence-electron chi connectivity index (χ0n) is 22.0. The minimum absolute atomic E-state index is 0.0268. The Morgan fingerprint density at radius 1 is 1.00 bits per heavy atom. The van der Waals surface area contributed by atoms with Gasteiger partial charge in [0.05, 0.1) is 5.92 Å². The van der Waals surface area contributed by atoms with Gasteiger partial charge in [-0.05, 0) is 69.1 Å². The molecule has 2 aliphatic heterocycles. The Labute approximate surface area is 219 Å². The number of fused-ring (bicyclic) bond motifs is 1. The minimum atomic E-state index is -0.560. The van der Waals surface area contributed by atoms with Crippen LogP contribution in [0.4, 0.5) is 10.5 Å². The predicted octanol–water partition coefficient (Wildman–Crippen LogP) is 4.83. The third-order valence-electron chi connectivity index (χ3n) is 7.57. The lowest BCUT2D eigenvalue weighted by Crippen LogP contribution is -2.44. The van der Waals surface area contributed by atoms with Gasteiger partial charge in [-0.15, -0.1) is 0 Å². The lowest BCUT2D eigenvalue weighted by Gasteiger charge is -2.33. The van der Waals surface area contributed by atoms with Gasteiger partial charge < -0.3 is 19.9 Å². The summed E-state index contributed by atoms with van der Waals surface area (Å²) < 4.78 is 5.69. The number of amides is 3. The molecule has 7 nitrogen and oxygen atoms in total. The van der Waals surface area contributed by atoms with E-state index in [0.29, 0.717) is 19.6 Å². The van der Waals surface area contributed by atoms with E-state index in [1.165, 1.54) is 5.56 Å². The number of para-hydroxylation sites is 1. The van der Waals surface area contributed by atoms with Gasteiger partial charge in [0.1, 0.15) is 5.60 Å². The SMILES string of the molecule is CC(C)(C)OC(=O)N1C[C@@H](Cc2ccccc2)[C@@H](CN(C(=O)C2CC(=O)Nc3ccccc32)C2CC2)C1. The number of likely N-dealkylation sites (tertiary alicyclic amines) is 1. The third kappa shape index (κ3) is 5.97. The van der Waals surface area contributed by atoms with Crippen molar-refractivity contribution in [3.8, 4) is 0 Å². The second-order valence-electron chi connectivity index (χ2n) is 11.7. The van der Waals surface area contributed by atoms with E-state index in [1.54, 1.807) is 0 Å². The van der Waals surface area contributed by atoms with E-state index in [9.17, 15) is 14.4 Å². The number of hydrogen-bond acceptors (Lipinski definition) is 4. The van der Waals surface area contributed by atoms with Gasteiger partial charge in [0.2, 0.25) is 11.8 Å². The van der Waals surface area contributed by atoms with Crippen molar-refractivity contribution in [1.82, 2.24) is 9.80 Å². The number of nitrogens with zero attached hydrogens (tertiary/aromatic N) is 2. The minimum Gasteiger partial charge on any atom is -0.444 e. The van der Waals surface area contributed by atoms with E-state index in [4.69, 9.17) is 4.74 Å². The van der Waals surface area contributed by atoms with Crippen LogP contribution in [-0.4, -0.2) is 59.0 Å². The van der Waals surface area contributed by atoms with Crippen molar-refractivity contribution >= 4 is 23.6 Å². The number of ether oxygens (including phenoxy) is 1. The van der Waals surface area contributed by atoms with E-state index >= 15 is 0 Å². The molecule has 1 saturated heterocycles. The summed E-state index contributed by atoms with van der Waals surface area (Å²) in [6.07, 6.45) is 2.68. The van der Waals surface area contributed by atoms with Gasteiger partial charge in [0, 0.05) is 37.8 Å². The number of carbonyl (C=O) groups excluding carboxylic acids is 3. The summed E-state index contributed by atoms with van der Waals surface area (Å²) in [5, 5.41) is 2.91. The van der Waals surface area contributed by atoms with Gasteiger partial charge in [-0.3, -0.25) is 9.59 Å². The van der Waals surface area contributed by atoms with Gasteiger partial charge in [-0.25, -0.2) is 4.79 Å². The molecule has 3 atom stereocenters. The molecule has 0 bridgehead atoms. The summed E-state index contributed by atoms with van der Waals surface area (Å²) in [5.74, 6) is -0.219. The summed E-state index contributed by atoms with van der Waals surface area (Å²) in [6.45, 7) is 7.39. The van der Waals surface area contributed by atoms with Crippen molar-refractivity contribution < 1.29 is 19.1 Å². The first-order valence-corrected chi connectivity index (χ1v) is 13.4. The van der Waals surface area contributed by atoms with Crippen molar-refractivity contribution in [2.45, 2.75) is 64.0 Å². The second kappa shape index (κ2) is 10.2. The average molecular weight is 504 g/mol. The van der Waals surface area contributed by atoms with Crippen molar-refractivity contribution in [2.24, 2.45) is 11.8 Å². The lowest BCUT2D eigenvalue weighted by atomic mass is 9.87. The summed E-state index contributed by atoms with van der Waals surface area (Å²) in [6, 6.07) is 18.1. The van der Waals surface area contributed by atoms with E-state index in [2.05, 4.69) is 17.4 Å². The molecule has 0 aromatic heterocycles. The molecule has 0 spiro atoms. The normalized spacial score (nSPS) is 23.3. The number of nitrogens with one attached hydrogen (secondary N) is 1. The van der Waals surface area contributed by atoms with Crippen LogP contribution in [-0.2, 0) is 20.7 Å². The number of benzene rings is 2. The standard InChI is InChI=1S/C30H37N3O4/c1-30(2,3)37-29(36)32-17-21(15-20-9-5-4-6-10-20)22(18-32)19-33(23-13-14-23)28(35)25-16-27(34)31-26-12-8-7-11-24(25)26/h4-12,21-23,25H,13-19H2,1-3H3,(H,31,34)/t21-,22-,25?/m1/s1. The Balaban J connectivity index is 1.37. The van der Waals surface area contributed by atoms with Crippen LogP contribution in [0.5, 0.6) is 0 Å². The molecule has 3 aliphatic rings. The van der Waals surface area contributed by atoms with Crippen molar-refractivity contribution in [1.29, 1.82) is 0 Å². The molecule has 2 aromatic carbocycles. The second-order valence-corrected chi connectivity index (χ2v) is 11.7. The maximum absolute atomic E-state index is 14.0. The molecule has 1 saturated carbocycles. The van der Waals surface area contributed by atoms with Gasteiger partial charge in [-0.2, -0.15) is 0 Å². The van der Waals surface area contributed by atoms with E-state index < -0.39 is 11.5 Å². The van der Waals surface area contributed by atoms with Crippen LogP contribution in [0.3, 0.4) is 0 Å². The molecule has 7 heteroatoms. The first-order valence-electron chi connectivity index (χ1n) is 13.4. The van der Waals surface area contributed by atoms with Gasteiger partial charge in [0.25, 0.3) is 0 Å². The Kier molecular flexibility index (Phi) is 6.97. The molecule has 2 heterocycles. The molecule has 0 radical (unpaired) electrons. The highest BCUT2D eigenvalue weighted by Gasteiger charge is 2.44. The van der Waals surface area contributed by atoms with Crippen LogP contribution >= 0.6 is 0 Å². The monoisotopic (exact) mass is 503 g/mol. The molecular formula is C30H37N3O4. The van der Waals surface area contributed by atoms with Crippen LogP contribution in [0.1, 0.15) is 57.1 Å². The Hall–Kier alpha value is -3.35. The highest BCUT2D eigenvalue weighted by Crippen LogP contribution is 2.39. The fourth-order valence-electron chi connectivity index (χ4n) is 5.66. The maximum atomic E-state index is 14.0.